The molecule has 10 heteroatoms. The Kier molecular flexibility index (Phi) is 2.70. The van der Waals surface area contributed by atoms with Crippen molar-refractivity contribution in [3.63, 3.8) is 0 Å². The van der Waals surface area contributed by atoms with Crippen LogP contribution in [0, 0.1) is 0 Å². The van der Waals surface area contributed by atoms with Crippen molar-refractivity contribution in [3.8, 4) is 0 Å². The number of para-hydroxylation sites is 1. The van der Waals surface area contributed by atoms with E-state index in [4.69, 9.17) is 0 Å². The molecule has 0 unspecified atom stereocenters. The first-order chi connectivity index (χ1) is 6.92. The second-order valence-corrected chi connectivity index (χ2v) is 8.17. The topological polar surface area (TPSA) is 41.6 Å². The van der Waals surface area contributed by atoms with Crippen LogP contribution >= 0.6 is 0 Å². The minimum Gasteiger partial charge on any atom is -0.258 e. The van der Waals surface area contributed by atoms with Gasteiger partial charge in [-0.2, -0.15) is 0 Å². The largest absolute Gasteiger partial charge is 0.258 e. The smallest absolute Gasteiger partial charge is 0.112 e. The molecule has 16 heavy (non-hydrogen) atoms. The quantitative estimate of drug-likeness (QED) is 0.754. The molecular formula is C6H5F6N3Zr. The molecule has 0 saturated carbocycles. The SMILES string of the molecule is [F][Zr]([F])([F])([F])([F])[F].c1ccc2[nH]nnc2c1. The molecule has 0 saturated heterocycles. The van der Waals surface area contributed by atoms with Crippen molar-refractivity contribution in [2.45, 2.75) is 0 Å². The molecule has 1 N–H and O–H groups in total. The Bertz CT molecular complexity index is 447. The monoisotopic (exact) mass is 323 g/mol. The van der Waals surface area contributed by atoms with E-state index in [1.807, 2.05) is 24.3 Å². The molecule has 0 spiro atoms. The molecular weight excluding hydrogens is 319 g/mol. The van der Waals surface area contributed by atoms with Gasteiger partial charge in [-0.3, -0.25) is 5.10 Å². The number of nitrogens with zero attached hydrogens (tertiary/aromatic N) is 2. The van der Waals surface area contributed by atoms with Gasteiger partial charge < -0.3 is 0 Å². The van der Waals surface area contributed by atoms with Crippen molar-refractivity contribution >= 4 is 11.0 Å². The average Bonchev–Trinajstić information content (AvgIpc) is 2.44. The number of rotatable bonds is 0. The fourth-order valence-electron chi connectivity index (χ4n) is 0.788. The van der Waals surface area contributed by atoms with Gasteiger partial charge in [0.1, 0.15) is 5.52 Å². The van der Waals surface area contributed by atoms with E-state index in [1.165, 1.54) is 0 Å². The number of H-pyrrole nitrogens is 1. The Morgan fingerprint density at radius 1 is 0.938 bits per heavy atom. The number of hydrogen-bond acceptors (Lipinski definition) is 2. The third-order valence-electron chi connectivity index (χ3n) is 1.23. The van der Waals surface area contributed by atoms with E-state index >= 15 is 0 Å². The molecule has 0 fully saturated rings. The van der Waals surface area contributed by atoms with Crippen molar-refractivity contribution in [1.82, 2.24) is 15.4 Å². The van der Waals surface area contributed by atoms with Gasteiger partial charge in [0.15, 0.2) is 0 Å². The van der Waals surface area contributed by atoms with Crippen LogP contribution in [0.25, 0.3) is 11.0 Å². The third-order valence-corrected chi connectivity index (χ3v) is 1.23. The van der Waals surface area contributed by atoms with Gasteiger partial charge in [-0.15, -0.1) is 5.10 Å². The van der Waals surface area contributed by atoms with Crippen molar-refractivity contribution < 1.29 is 36.7 Å². The minimum atomic E-state index is -11.3. The molecule has 1 aromatic carbocycles. The summed E-state index contributed by atoms with van der Waals surface area (Å²) >= 11 is -11.3. The molecule has 2 aromatic rings. The maximum atomic E-state index is 9.93. The van der Waals surface area contributed by atoms with E-state index in [2.05, 4.69) is 15.4 Å². The molecule has 0 aliphatic carbocycles. The Morgan fingerprint density at radius 3 is 1.94 bits per heavy atom. The molecule has 0 amide bonds. The molecule has 0 aliphatic rings. The first-order valence-corrected chi connectivity index (χ1v) is 9.43. The average molecular weight is 324 g/mol. The molecule has 0 atom stereocenters. The number of aromatic amines is 1. The first kappa shape index (κ1) is 13.1. The molecule has 90 valence electrons. The molecule has 0 radical (unpaired) electrons. The van der Waals surface area contributed by atoms with Crippen LogP contribution in [0.15, 0.2) is 24.3 Å². The van der Waals surface area contributed by atoms with E-state index in [1.54, 1.807) is 0 Å². The van der Waals surface area contributed by atoms with Gasteiger partial charge in [0.25, 0.3) is 0 Å². The third kappa shape index (κ3) is 7.38. The Labute approximate surface area is 87.6 Å². The van der Waals surface area contributed by atoms with Gasteiger partial charge in [0, 0.05) is 0 Å². The maximum Gasteiger partial charge on any atom is 0.112 e. The first-order valence-electron chi connectivity index (χ1n) is 3.86. The number of aromatic nitrogens is 3. The Balaban J connectivity index is 0.000000168. The van der Waals surface area contributed by atoms with E-state index in [0.717, 1.165) is 11.0 Å². The molecule has 1 heterocycles. The van der Waals surface area contributed by atoms with Gasteiger partial charge in [0.05, 0.1) is 5.52 Å². The van der Waals surface area contributed by atoms with Gasteiger partial charge in [-0.1, -0.05) is 17.3 Å². The number of halogens is 6. The molecule has 0 bridgehead atoms. The number of fused-ring (bicyclic) bond motifs is 1. The summed E-state index contributed by atoms with van der Waals surface area (Å²) in [4.78, 5) is 0. The van der Waals surface area contributed by atoms with Crippen LogP contribution in [0.4, 0.5) is 15.8 Å². The van der Waals surface area contributed by atoms with Gasteiger partial charge >= 0.3 is 36.7 Å². The zero-order valence-corrected chi connectivity index (χ0v) is 9.93. The second kappa shape index (κ2) is 3.29. The van der Waals surface area contributed by atoms with Crippen LogP contribution in [0.5, 0.6) is 0 Å². The summed E-state index contributed by atoms with van der Waals surface area (Å²) < 4.78 is 59.6. The molecule has 1 aromatic heterocycles. The van der Waals surface area contributed by atoms with Gasteiger partial charge in [0.2, 0.25) is 0 Å². The van der Waals surface area contributed by atoms with Crippen LogP contribution in [0.3, 0.4) is 0 Å². The fourth-order valence-corrected chi connectivity index (χ4v) is 0.788. The zero-order valence-electron chi connectivity index (χ0n) is 7.47. The summed E-state index contributed by atoms with van der Waals surface area (Å²) in [5.41, 5.74) is 1.90. The van der Waals surface area contributed by atoms with Crippen LogP contribution in [-0.2, 0) is 21.0 Å². The summed E-state index contributed by atoms with van der Waals surface area (Å²) in [6, 6.07) is 7.74. The summed E-state index contributed by atoms with van der Waals surface area (Å²) in [5, 5.41) is 10.2. The minimum absolute atomic E-state index is 0.914. The Morgan fingerprint density at radius 2 is 1.44 bits per heavy atom. The summed E-state index contributed by atoms with van der Waals surface area (Å²) in [5.74, 6) is 0. The zero-order chi connectivity index (χ0) is 12.5. The van der Waals surface area contributed by atoms with Gasteiger partial charge in [-0.05, 0) is 12.1 Å². The predicted octanol–water partition coefficient (Wildman–Crippen LogP) is 3.48. The second-order valence-electron chi connectivity index (χ2n) is 2.90. The van der Waals surface area contributed by atoms with E-state index in [-0.39, 0.29) is 0 Å². The predicted molar refractivity (Wildman–Crippen MR) is 40.5 cm³/mol. The molecule has 3 nitrogen and oxygen atoms in total. The standard InChI is InChI=1S/C6H5N3.6FH.Zr/c1-2-4-6-5(3-1)7-9-8-6;;;;;;;/h1-4H,(H,7,8,9);6*1H;/q;;;;;;;+6/p-6. The van der Waals surface area contributed by atoms with Crippen LogP contribution < -0.4 is 0 Å². The van der Waals surface area contributed by atoms with Crippen molar-refractivity contribution in [2.24, 2.45) is 0 Å². The number of hydrogen-bond donors (Lipinski definition) is 1. The van der Waals surface area contributed by atoms with Crippen molar-refractivity contribution in [3.05, 3.63) is 24.3 Å². The normalized spacial score (nSPS) is 15.9. The van der Waals surface area contributed by atoms with Crippen molar-refractivity contribution in [1.29, 1.82) is 0 Å². The molecule has 2 rings (SSSR count). The number of nitrogens with one attached hydrogen (secondary N) is 1. The van der Waals surface area contributed by atoms with Crippen molar-refractivity contribution in [2.75, 3.05) is 0 Å². The fraction of sp³-hybridized carbons (Fsp3) is 0. The van der Waals surface area contributed by atoms with E-state index < -0.39 is 21.0 Å². The van der Waals surface area contributed by atoms with Crippen LogP contribution in [-0.4, -0.2) is 15.4 Å². The van der Waals surface area contributed by atoms with Crippen LogP contribution in [0.2, 0.25) is 0 Å². The maximum absolute atomic E-state index is 11.3. The summed E-state index contributed by atoms with van der Waals surface area (Å²) in [6.45, 7) is 0. The van der Waals surface area contributed by atoms with Crippen LogP contribution in [0.1, 0.15) is 0 Å². The number of benzene rings is 1. The van der Waals surface area contributed by atoms with E-state index in [0.29, 0.717) is 0 Å². The van der Waals surface area contributed by atoms with Gasteiger partial charge in [-0.25, -0.2) is 0 Å². The van der Waals surface area contributed by atoms with E-state index in [9.17, 15) is 15.8 Å². The molecule has 0 aliphatic heterocycles. The Hall–Kier alpha value is -0.917. The summed E-state index contributed by atoms with van der Waals surface area (Å²) in [7, 11) is 0. The summed E-state index contributed by atoms with van der Waals surface area (Å²) in [6.07, 6.45) is 0.